The molecule has 0 unspecified atom stereocenters. The molecule has 0 spiro atoms. The van der Waals surface area contributed by atoms with E-state index in [2.05, 4.69) is 25.9 Å². The smallest absolute Gasteiger partial charge is 0.251 e. The highest BCUT2D eigenvalue weighted by atomic mass is 32.1. The zero-order valence-electron chi connectivity index (χ0n) is 14.0. The third kappa shape index (κ3) is 4.33. The predicted molar refractivity (Wildman–Crippen MR) is 102 cm³/mol. The van der Waals surface area contributed by atoms with Gasteiger partial charge in [0.15, 0.2) is 5.13 Å². The van der Waals surface area contributed by atoms with Crippen LogP contribution in [0.15, 0.2) is 48.8 Å². The molecule has 0 aliphatic heterocycles. The molecule has 6 nitrogen and oxygen atoms in total. The first kappa shape index (κ1) is 16.9. The zero-order chi connectivity index (χ0) is 17.6. The number of benzene rings is 1. The van der Waals surface area contributed by atoms with Gasteiger partial charge in [0.1, 0.15) is 5.82 Å². The van der Waals surface area contributed by atoms with Crippen LogP contribution in [0.1, 0.15) is 20.8 Å². The second kappa shape index (κ2) is 7.76. The second-order valence-electron chi connectivity index (χ2n) is 5.43. The zero-order valence-corrected chi connectivity index (χ0v) is 14.9. The number of rotatable bonds is 6. The van der Waals surface area contributed by atoms with Crippen LogP contribution < -0.4 is 16.0 Å². The Morgan fingerprint density at radius 3 is 2.84 bits per heavy atom. The largest absolute Gasteiger partial charge is 0.380 e. The molecule has 128 valence electrons. The topological polar surface area (TPSA) is 78.9 Å². The Balaban J connectivity index is 1.65. The average molecular weight is 353 g/mol. The average Bonchev–Trinajstić information content (AvgIpc) is 3.08. The summed E-state index contributed by atoms with van der Waals surface area (Å²) in [6, 6.07) is 11.3. The summed E-state index contributed by atoms with van der Waals surface area (Å²) in [5.74, 6) is 0.674. The summed E-state index contributed by atoms with van der Waals surface area (Å²) < 4.78 is 0. The van der Waals surface area contributed by atoms with Gasteiger partial charge in [0.25, 0.3) is 5.91 Å². The van der Waals surface area contributed by atoms with Crippen molar-refractivity contribution >= 4 is 33.9 Å². The quantitative estimate of drug-likeness (QED) is 0.631. The van der Waals surface area contributed by atoms with Crippen LogP contribution in [0, 0.1) is 6.92 Å². The molecule has 3 rings (SSSR count). The van der Waals surface area contributed by atoms with Gasteiger partial charge >= 0.3 is 0 Å². The van der Waals surface area contributed by atoms with Gasteiger partial charge in [0.2, 0.25) is 0 Å². The summed E-state index contributed by atoms with van der Waals surface area (Å²) in [5.41, 5.74) is 2.66. The Morgan fingerprint density at radius 2 is 2.08 bits per heavy atom. The molecule has 0 saturated carbocycles. The number of anilines is 3. The van der Waals surface area contributed by atoms with E-state index in [4.69, 9.17) is 0 Å². The highest BCUT2D eigenvalue weighted by molar-refractivity contribution is 7.15. The van der Waals surface area contributed by atoms with Gasteiger partial charge in [0.05, 0.1) is 6.54 Å². The SMILES string of the molecule is CNC(=O)c1ccc(C)c(NCc2cnc(Nc3ccccn3)s2)c1. The third-order valence-electron chi connectivity index (χ3n) is 3.63. The lowest BCUT2D eigenvalue weighted by Gasteiger charge is -2.10. The summed E-state index contributed by atoms with van der Waals surface area (Å²) in [7, 11) is 1.63. The molecule has 0 aliphatic rings. The number of nitrogens with one attached hydrogen (secondary N) is 3. The van der Waals surface area contributed by atoms with E-state index in [0.29, 0.717) is 12.1 Å². The van der Waals surface area contributed by atoms with Crippen molar-refractivity contribution < 1.29 is 4.79 Å². The van der Waals surface area contributed by atoms with Crippen LogP contribution in [-0.4, -0.2) is 22.9 Å². The lowest BCUT2D eigenvalue weighted by molar-refractivity contribution is 0.0963. The highest BCUT2D eigenvalue weighted by Gasteiger charge is 2.08. The number of pyridine rings is 1. The molecule has 7 heteroatoms. The van der Waals surface area contributed by atoms with Gasteiger partial charge in [-0.1, -0.05) is 23.5 Å². The highest BCUT2D eigenvalue weighted by Crippen LogP contribution is 2.23. The van der Waals surface area contributed by atoms with Gasteiger partial charge in [0, 0.05) is 35.6 Å². The first-order chi connectivity index (χ1) is 12.2. The van der Waals surface area contributed by atoms with E-state index in [1.54, 1.807) is 24.6 Å². The van der Waals surface area contributed by atoms with E-state index in [9.17, 15) is 4.79 Å². The lowest BCUT2D eigenvalue weighted by atomic mass is 10.1. The van der Waals surface area contributed by atoms with Crippen LogP contribution in [0.25, 0.3) is 0 Å². The maximum Gasteiger partial charge on any atom is 0.251 e. The van der Waals surface area contributed by atoms with Gasteiger partial charge in [-0.05, 0) is 36.8 Å². The van der Waals surface area contributed by atoms with E-state index < -0.39 is 0 Å². The Hall–Kier alpha value is -2.93. The maximum atomic E-state index is 11.8. The number of aryl methyl sites for hydroxylation is 1. The minimum atomic E-state index is -0.0947. The Bertz CT molecular complexity index is 863. The number of aromatic nitrogens is 2. The van der Waals surface area contributed by atoms with Gasteiger partial charge < -0.3 is 16.0 Å². The molecule has 2 aromatic heterocycles. The summed E-state index contributed by atoms with van der Waals surface area (Å²) >= 11 is 1.56. The first-order valence-corrected chi connectivity index (χ1v) is 8.66. The van der Waals surface area contributed by atoms with Gasteiger partial charge in [-0.15, -0.1) is 0 Å². The molecule has 0 bridgehead atoms. The molecular weight excluding hydrogens is 334 g/mol. The van der Waals surface area contributed by atoms with E-state index in [1.807, 2.05) is 49.5 Å². The van der Waals surface area contributed by atoms with Gasteiger partial charge in [-0.3, -0.25) is 4.79 Å². The van der Waals surface area contributed by atoms with Crippen LogP contribution >= 0.6 is 11.3 Å². The molecule has 25 heavy (non-hydrogen) atoms. The van der Waals surface area contributed by atoms with Gasteiger partial charge in [-0.2, -0.15) is 0 Å². The van der Waals surface area contributed by atoms with Crippen LogP contribution in [0.5, 0.6) is 0 Å². The van der Waals surface area contributed by atoms with Crippen LogP contribution in [0.3, 0.4) is 0 Å². The maximum absolute atomic E-state index is 11.8. The summed E-state index contributed by atoms with van der Waals surface area (Å²) in [6.07, 6.45) is 3.57. The molecule has 3 aromatic rings. The summed E-state index contributed by atoms with van der Waals surface area (Å²) in [6.45, 7) is 2.65. The predicted octanol–water partition coefficient (Wildman–Crippen LogP) is 3.56. The van der Waals surface area contributed by atoms with E-state index in [1.165, 1.54) is 0 Å². The Kier molecular flexibility index (Phi) is 5.25. The fourth-order valence-corrected chi connectivity index (χ4v) is 3.03. The Labute approximate surface area is 150 Å². The molecular formula is C18H19N5OS. The fraction of sp³-hybridized carbons (Fsp3) is 0.167. The lowest BCUT2D eigenvalue weighted by Crippen LogP contribution is -2.18. The van der Waals surface area contributed by atoms with Gasteiger partial charge in [-0.25, -0.2) is 9.97 Å². The van der Waals surface area contributed by atoms with Crippen molar-refractivity contribution in [2.75, 3.05) is 17.7 Å². The van der Waals surface area contributed by atoms with E-state index in [-0.39, 0.29) is 5.91 Å². The van der Waals surface area contributed by atoms with Crippen molar-refractivity contribution in [1.29, 1.82) is 0 Å². The normalized spacial score (nSPS) is 10.3. The van der Waals surface area contributed by atoms with Crippen molar-refractivity contribution in [3.63, 3.8) is 0 Å². The number of carbonyl (C=O) groups excluding carboxylic acids is 1. The van der Waals surface area contributed by atoms with Crippen LogP contribution in [0.2, 0.25) is 0 Å². The van der Waals surface area contributed by atoms with Crippen LogP contribution in [0.4, 0.5) is 16.6 Å². The van der Waals surface area contributed by atoms with Crippen molar-refractivity contribution in [3.05, 3.63) is 64.8 Å². The summed E-state index contributed by atoms with van der Waals surface area (Å²) in [4.78, 5) is 21.4. The second-order valence-corrected chi connectivity index (χ2v) is 6.55. The minimum Gasteiger partial charge on any atom is -0.380 e. The van der Waals surface area contributed by atoms with Crippen molar-refractivity contribution in [2.24, 2.45) is 0 Å². The van der Waals surface area contributed by atoms with Crippen molar-refractivity contribution in [1.82, 2.24) is 15.3 Å². The third-order valence-corrected chi connectivity index (χ3v) is 4.55. The number of hydrogen-bond acceptors (Lipinski definition) is 6. The molecule has 0 fully saturated rings. The summed E-state index contributed by atoms with van der Waals surface area (Å²) in [5, 5.41) is 9.99. The van der Waals surface area contributed by atoms with Crippen LogP contribution in [-0.2, 0) is 6.54 Å². The molecule has 0 saturated heterocycles. The monoisotopic (exact) mass is 353 g/mol. The Morgan fingerprint density at radius 1 is 1.20 bits per heavy atom. The molecule has 2 heterocycles. The van der Waals surface area contributed by atoms with Crippen molar-refractivity contribution in [2.45, 2.75) is 13.5 Å². The molecule has 0 atom stereocenters. The van der Waals surface area contributed by atoms with Crippen molar-refractivity contribution in [3.8, 4) is 0 Å². The number of nitrogens with zero attached hydrogens (tertiary/aromatic N) is 2. The number of amides is 1. The molecule has 1 amide bonds. The minimum absolute atomic E-state index is 0.0947. The first-order valence-electron chi connectivity index (χ1n) is 7.85. The number of thiazole rings is 1. The number of carbonyl (C=O) groups is 1. The molecule has 0 radical (unpaired) electrons. The van der Waals surface area contributed by atoms with E-state index >= 15 is 0 Å². The standard InChI is InChI=1S/C18H19N5OS/c1-12-6-7-13(17(24)19-2)9-15(12)21-10-14-11-22-18(25-14)23-16-5-3-4-8-20-16/h3-9,11,21H,10H2,1-2H3,(H,19,24)(H,20,22,23). The number of hydrogen-bond donors (Lipinski definition) is 3. The molecule has 1 aromatic carbocycles. The molecule has 3 N–H and O–H groups in total. The van der Waals surface area contributed by atoms with E-state index in [0.717, 1.165) is 27.1 Å². The fourth-order valence-electron chi connectivity index (χ4n) is 2.27. The molecule has 0 aliphatic carbocycles.